The molecule has 1 saturated heterocycles. The number of piperidine rings is 1. The Morgan fingerprint density at radius 3 is 2.76 bits per heavy atom. The van der Waals surface area contributed by atoms with Gasteiger partial charge in [-0.05, 0) is 24.8 Å². The smallest absolute Gasteiger partial charge is 0.144 e. The molecule has 1 aromatic heterocycles. The van der Waals surface area contributed by atoms with Crippen LogP contribution in [0.1, 0.15) is 32.4 Å². The standard InChI is InChI=1S/C13H22N4/c1-13(2)5-4-6-17(10-13)9-11-7-16-12(14-3)8-15-11/h7-8H,4-6,9-10H2,1-3H3,(H,14,16). The van der Waals surface area contributed by atoms with Gasteiger partial charge in [-0.25, -0.2) is 4.98 Å². The van der Waals surface area contributed by atoms with Gasteiger partial charge in [-0.15, -0.1) is 0 Å². The second-order valence-electron chi connectivity index (χ2n) is 5.62. The van der Waals surface area contributed by atoms with E-state index in [9.17, 15) is 0 Å². The van der Waals surface area contributed by atoms with E-state index in [1.165, 1.54) is 19.4 Å². The van der Waals surface area contributed by atoms with E-state index < -0.39 is 0 Å². The summed E-state index contributed by atoms with van der Waals surface area (Å²) in [6, 6.07) is 0. The SMILES string of the molecule is CNc1cnc(CN2CCCC(C)(C)C2)cn1. The van der Waals surface area contributed by atoms with Crippen LogP contribution in [0.2, 0.25) is 0 Å². The number of anilines is 1. The zero-order chi connectivity index (χ0) is 12.3. The van der Waals surface area contributed by atoms with Crippen molar-refractivity contribution in [3.8, 4) is 0 Å². The molecular weight excluding hydrogens is 212 g/mol. The van der Waals surface area contributed by atoms with Gasteiger partial charge in [-0.2, -0.15) is 0 Å². The first-order chi connectivity index (χ1) is 8.09. The highest BCUT2D eigenvalue weighted by atomic mass is 15.1. The van der Waals surface area contributed by atoms with Crippen molar-refractivity contribution in [2.24, 2.45) is 5.41 Å². The molecule has 1 aliphatic heterocycles. The van der Waals surface area contributed by atoms with Gasteiger partial charge >= 0.3 is 0 Å². The van der Waals surface area contributed by atoms with Crippen molar-refractivity contribution in [1.29, 1.82) is 0 Å². The summed E-state index contributed by atoms with van der Waals surface area (Å²) in [4.78, 5) is 11.2. The van der Waals surface area contributed by atoms with Gasteiger partial charge < -0.3 is 5.32 Å². The van der Waals surface area contributed by atoms with Gasteiger partial charge in [0.15, 0.2) is 0 Å². The van der Waals surface area contributed by atoms with Crippen molar-refractivity contribution in [3.63, 3.8) is 0 Å². The van der Waals surface area contributed by atoms with E-state index in [2.05, 4.69) is 34.0 Å². The summed E-state index contributed by atoms with van der Waals surface area (Å²) < 4.78 is 0. The first-order valence-electron chi connectivity index (χ1n) is 6.30. The summed E-state index contributed by atoms with van der Waals surface area (Å²) in [5.74, 6) is 0.827. The predicted octanol–water partition coefficient (Wildman–Crippen LogP) is 2.14. The van der Waals surface area contributed by atoms with Crippen molar-refractivity contribution >= 4 is 5.82 Å². The minimum Gasteiger partial charge on any atom is -0.372 e. The molecule has 1 aromatic rings. The molecule has 0 amide bonds. The maximum atomic E-state index is 4.42. The Bertz CT molecular complexity index is 358. The fourth-order valence-electron chi connectivity index (χ4n) is 2.47. The summed E-state index contributed by atoms with van der Waals surface area (Å²) in [5, 5.41) is 2.98. The zero-order valence-corrected chi connectivity index (χ0v) is 11.0. The lowest BCUT2D eigenvalue weighted by molar-refractivity contribution is 0.110. The third kappa shape index (κ3) is 3.40. The highest BCUT2D eigenvalue weighted by Gasteiger charge is 2.26. The number of likely N-dealkylation sites (tertiary alicyclic amines) is 1. The van der Waals surface area contributed by atoms with Crippen molar-refractivity contribution in [2.45, 2.75) is 33.2 Å². The van der Waals surface area contributed by atoms with E-state index in [1.807, 2.05) is 13.2 Å². The first kappa shape index (κ1) is 12.3. The number of nitrogens with zero attached hydrogens (tertiary/aromatic N) is 3. The Hall–Kier alpha value is -1.16. The van der Waals surface area contributed by atoms with Gasteiger partial charge in [0.05, 0.1) is 18.1 Å². The number of nitrogens with one attached hydrogen (secondary N) is 1. The van der Waals surface area contributed by atoms with Crippen LogP contribution in [0.3, 0.4) is 0 Å². The minimum atomic E-state index is 0.441. The molecule has 0 aromatic carbocycles. The van der Waals surface area contributed by atoms with Gasteiger partial charge in [-0.1, -0.05) is 13.8 Å². The predicted molar refractivity (Wildman–Crippen MR) is 69.9 cm³/mol. The Kier molecular flexibility index (Phi) is 3.62. The van der Waals surface area contributed by atoms with Crippen molar-refractivity contribution in [2.75, 3.05) is 25.5 Å². The summed E-state index contributed by atoms with van der Waals surface area (Å²) in [6.07, 6.45) is 6.28. The molecular formula is C13H22N4. The fraction of sp³-hybridized carbons (Fsp3) is 0.692. The van der Waals surface area contributed by atoms with Crippen LogP contribution in [0.25, 0.3) is 0 Å². The largest absolute Gasteiger partial charge is 0.372 e. The molecule has 0 aliphatic carbocycles. The molecule has 0 radical (unpaired) electrons. The fourth-order valence-corrected chi connectivity index (χ4v) is 2.47. The molecule has 0 atom stereocenters. The summed E-state index contributed by atoms with van der Waals surface area (Å²) in [6.45, 7) is 7.94. The molecule has 0 bridgehead atoms. The molecule has 1 aliphatic rings. The topological polar surface area (TPSA) is 41.1 Å². The first-order valence-corrected chi connectivity index (χ1v) is 6.30. The third-order valence-corrected chi connectivity index (χ3v) is 3.33. The Morgan fingerprint density at radius 1 is 1.35 bits per heavy atom. The third-order valence-electron chi connectivity index (χ3n) is 3.33. The lowest BCUT2D eigenvalue weighted by Crippen LogP contribution is -2.39. The number of rotatable bonds is 3. The summed E-state index contributed by atoms with van der Waals surface area (Å²) in [5.41, 5.74) is 1.50. The van der Waals surface area contributed by atoms with Gasteiger partial charge in [-0.3, -0.25) is 9.88 Å². The summed E-state index contributed by atoms with van der Waals surface area (Å²) in [7, 11) is 1.86. The molecule has 0 saturated carbocycles. The monoisotopic (exact) mass is 234 g/mol. The maximum absolute atomic E-state index is 4.42. The van der Waals surface area contributed by atoms with Crippen LogP contribution in [0.5, 0.6) is 0 Å². The molecule has 2 rings (SSSR count). The van der Waals surface area contributed by atoms with Gasteiger partial charge in [0.2, 0.25) is 0 Å². The van der Waals surface area contributed by atoms with Crippen molar-refractivity contribution < 1.29 is 0 Å². The molecule has 2 heterocycles. The van der Waals surface area contributed by atoms with Crippen LogP contribution in [-0.4, -0.2) is 35.0 Å². The molecule has 1 N–H and O–H groups in total. The van der Waals surface area contributed by atoms with E-state index in [0.29, 0.717) is 5.41 Å². The van der Waals surface area contributed by atoms with Gasteiger partial charge in [0, 0.05) is 20.1 Å². The zero-order valence-electron chi connectivity index (χ0n) is 11.0. The minimum absolute atomic E-state index is 0.441. The normalized spacial score (nSPS) is 20.2. The molecule has 4 heteroatoms. The lowest BCUT2D eigenvalue weighted by atomic mass is 9.84. The average molecular weight is 234 g/mol. The highest BCUT2D eigenvalue weighted by Crippen LogP contribution is 2.28. The highest BCUT2D eigenvalue weighted by molar-refractivity contribution is 5.29. The Morgan fingerprint density at radius 2 is 2.18 bits per heavy atom. The van der Waals surface area contributed by atoms with E-state index in [1.54, 1.807) is 6.20 Å². The molecule has 0 unspecified atom stereocenters. The van der Waals surface area contributed by atoms with Gasteiger partial charge in [0.25, 0.3) is 0 Å². The van der Waals surface area contributed by atoms with Crippen LogP contribution in [0.4, 0.5) is 5.82 Å². The second kappa shape index (κ2) is 5.00. The quantitative estimate of drug-likeness (QED) is 0.870. The Labute approximate surface area is 103 Å². The van der Waals surface area contributed by atoms with Crippen molar-refractivity contribution in [3.05, 3.63) is 18.1 Å². The van der Waals surface area contributed by atoms with Gasteiger partial charge in [0.1, 0.15) is 5.82 Å². The van der Waals surface area contributed by atoms with E-state index in [4.69, 9.17) is 0 Å². The van der Waals surface area contributed by atoms with Crippen LogP contribution in [0.15, 0.2) is 12.4 Å². The summed E-state index contributed by atoms with van der Waals surface area (Å²) >= 11 is 0. The van der Waals surface area contributed by atoms with Crippen molar-refractivity contribution in [1.82, 2.24) is 14.9 Å². The van der Waals surface area contributed by atoms with E-state index in [0.717, 1.165) is 24.6 Å². The molecule has 0 spiro atoms. The Balaban J connectivity index is 1.95. The average Bonchev–Trinajstić information content (AvgIpc) is 2.29. The molecule has 4 nitrogen and oxygen atoms in total. The van der Waals surface area contributed by atoms with Crippen LogP contribution in [-0.2, 0) is 6.54 Å². The lowest BCUT2D eigenvalue weighted by Gasteiger charge is -2.37. The molecule has 17 heavy (non-hydrogen) atoms. The van der Waals surface area contributed by atoms with E-state index >= 15 is 0 Å². The molecule has 1 fully saturated rings. The number of aromatic nitrogens is 2. The van der Waals surface area contributed by atoms with E-state index in [-0.39, 0.29) is 0 Å². The van der Waals surface area contributed by atoms with Crippen LogP contribution >= 0.6 is 0 Å². The van der Waals surface area contributed by atoms with Crippen LogP contribution < -0.4 is 5.32 Å². The number of hydrogen-bond acceptors (Lipinski definition) is 4. The van der Waals surface area contributed by atoms with Crippen LogP contribution in [0, 0.1) is 5.41 Å². The second-order valence-corrected chi connectivity index (χ2v) is 5.62. The molecule has 94 valence electrons. The maximum Gasteiger partial charge on any atom is 0.144 e. The number of hydrogen-bond donors (Lipinski definition) is 1.